The van der Waals surface area contributed by atoms with E-state index in [-0.39, 0.29) is 11.8 Å². The highest BCUT2D eigenvalue weighted by molar-refractivity contribution is 5.79. The molecule has 0 aromatic rings. The van der Waals surface area contributed by atoms with Gasteiger partial charge in [0.25, 0.3) is 0 Å². The molecule has 1 rings (SSSR count). The van der Waals surface area contributed by atoms with Crippen LogP contribution in [0.5, 0.6) is 0 Å². The first kappa shape index (κ1) is 23.9. The van der Waals surface area contributed by atoms with Crippen molar-refractivity contribution in [1.29, 1.82) is 0 Å². The van der Waals surface area contributed by atoms with Crippen LogP contribution >= 0.6 is 0 Å². The van der Waals surface area contributed by atoms with Gasteiger partial charge in [0.1, 0.15) is 0 Å². The van der Waals surface area contributed by atoms with Gasteiger partial charge in [-0.2, -0.15) is 0 Å². The highest BCUT2D eigenvalue weighted by atomic mass is 16.4. The molecular formula is C22H42N2O3. The van der Waals surface area contributed by atoms with Gasteiger partial charge in [0.2, 0.25) is 5.91 Å². The standard InChI is InChI=1S/C22H42N2O3/c23-18-19-14-11-12-15-20(19)22(27)24-17-13-9-7-5-3-1-2-4-6-8-10-16-21(25)26/h19-20H,1-18,23H2,(H,24,27)(H,25,26). The number of amides is 1. The van der Waals surface area contributed by atoms with Gasteiger partial charge in [0.05, 0.1) is 0 Å². The van der Waals surface area contributed by atoms with Gasteiger partial charge >= 0.3 is 5.97 Å². The summed E-state index contributed by atoms with van der Waals surface area (Å²) in [5.74, 6) is 0.0839. The number of unbranched alkanes of at least 4 members (excludes halogenated alkanes) is 10. The van der Waals surface area contributed by atoms with Crippen LogP contribution in [0.25, 0.3) is 0 Å². The number of carboxylic acids is 1. The highest BCUT2D eigenvalue weighted by Gasteiger charge is 2.29. The molecule has 0 aromatic heterocycles. The monoisotopic (exact) mass is 382 g/mol. The quantitative estimate of drug-likeness (QED) is 0.339. The second-order valence-corrected chi connectivity index (χ2v) is 8.21. The maximum atomic E-state index is 12.3. The van der Waals surface area contributed by atoms with E-state index in [1.807, 2.05) is 0 Å². The minimum absolute atomic E-state index is 0.146. The van der Waals surface area contributed by atoms with E-state index in [9.17, 15) is 9.59 Å². The molecule has 1 fully saturated rings. The minimum atomic E-state index is -0.677. The molecule has 27 heavy (non-hydrogen) atoms. The molecule has 1 saturated carbocycles. The van der Waals surface area contributed by atoms with Gasteiger partial charge in [-0.15, -0.1) is 0 Å². The van der Waals surface area contributed by atoms with Crippen LogP contribution in [-0.4, -0.2) is 30.1 Å². The molecular weight excluding hydrogens is 340 g/mol. The maximum absolute atomic E-state index is 12.3. The van der Waals surface area contributed by atoms with Gasteiger partial charge in [0, 0.05) is 18.9 Å². The summed E-state index contributed by atoms with van der Waals surface area (Å²) in [6, 6.07) is 0. The average Bonchev–Trinajstić information content (AvgIpc) is 2.67. The predicted octanol–water partition coefficient (Wildman–Crippen LogP) is 4.63. The molecule has 2 unspecified atom stereocenters. The molecule has 1 aliphatic rings. The van der Waals surface area contributed by atoms with Crippen molar-refractivity contribution in [3.63, 3.8) is 0 Å². The van der Waals surface area contributed by atoms with E-state index in [0.29, 0.717) is 18.9 Å². The van der Waals surface area contributed by atoms with Crippen molar-refractivity contribution in [3.05, 3.63) is 0 Å². The summed E-state index contributed by atoms with van der Waals surface area (Å²) in [5, 5.41) is 11.7. The lowest BCUT2D eigenvalue weighted by atomic mass is 9.79. The SMILES string of the molecule is NCC1CCCCC1C(=O)NCCCCCCCCCCCCCC(=O)O. The van der Waals surface area contributed by atoms with Gasteiger partial charge < -0.3 is 16.2 Å². The Balaban J connectivity index is 1.85. The van der Waals surface area contributed by atoms with Crippen LogP contribution < -0.4 is 11.1 Å². The number of carbonyl (C=O) groups excluding carboxylic acids is 1. The van der Waals surface area contributed by atoms with Crippen LogP contribution in [0.3, 0.4) is 0 Å². The van der Waals surface area contributed by atoms with E-state index in [4.69, 9.17) is 10.8 Å². The average molecular weight is 383 g/mol. The first-order valence-electron chi connectivity index (χ1n) is 11.3. The van der Waals surface area contributed by atoms with Gasteiger partial charge in [-0.1, -0.05) is 70.6 Å². The van der Waals surface area contributed by atoms with Crippen LogP contribution in [-0.2, 0) is 9.59 Å². The number of hydrogen-bond acceptors (Lipinski definition) is 3. The van der Waals surface area contributed by atoms with Crippen molar-refractivity contribution >= 4 is 11.9 Å². The highest BCUT2D eigenvalue weighted by Crippen LogP contribution is 2.29. The Labute approximate surface area is 165 Å². The smallest absolute Gasteiger partial charge is 0.303 e. The Kier molecular flexibility index (Phi) is 14.1. The minimum Gasteiger partial charge on any atom is -0.481 e. The molecule has 0 saturated heterocycles. The molecule has 1 aliphatic carbocycles. The van der Waals surface area contributed by atoms with Crippen molar-refractivity contribution in [3.8, 4) is 0 Å². The van der Waals surface area contributed by atoms with Crippen LogP contribution in [0, 0.1) is 11.8 Å². The van der Waals surface area contributed by atoms with E-state index in [0.717, 1.165) is 45.1 Å². The molecule has 5 nitrogen and oxygen atoms in total. The van der Waals surface area contributed by atoms with Crippen molar-refractivity contribution < 1.29 is 14.7 Å². The fourth-order valence-electron chi connectivity index (χ4n) is 4.17. The lowest BCUT2D eigenvalue weighted by molar-refractivity contribution is -0.137. The largest absolute Gasteiger partial charge is 0.481 e. The molecule has 5 heteroatoms. The summed E-state index contributed by atoms with van der Waals surface area (Å²) in [6.45, 7) is 1.45. The maximum Gasteiger partial charge on any atom is 0.303 e. The molecule has 0 bridgehead atoms. The Morgan fingerprint density at radius 1 is 0.815 bits per heavy atom. The third-order valence-electron chi connectivity index (χ3n) is 5.92. The first-order chi connectivity index (χ1) is 13.1. The van der Waals surface area contributed by atoms with Crippen LogP contribution in [0.2, 0.25) is 0 Å². The topological polar surface area (TPSA) is 92.4 Å². The number of hydrogen-bond donors (Lipinski definition) is 3. The molecule has 4 N–H and O–H groups in total. The summed E-state index contributed by atoms with van der Waals surface area (Å²) < 4.78 is 0. The van der Waals surface area contributed by atoms with Crippen molar-refractivity contribution in [2.24, 2.45) is 17.6 Å². The van der Waals surface area contributed by atoms with E-state index in [1.54, 1.807) is 0 Å². The summed E-state index contributed by atoms with van der Waals surface area (Å²) in [4.78, 5) is 22.7. The number of carbonyl (C=O) groups is 2. The molecule has 0 heterocycles. The lowest BCUT2D eigenvalue weighted by Gasteiger charge is -2.29. The van der Waals surface area contributed by atoms with E-state index in [1.165, 1.54) is 57.8 Å². The first-order valence-corrected chi connectivity index (χ1v) is 11.3. The summed E-state index contributed by atoms with van der Waals surface area (Å²) in [5.41, 5.74) is 5.82. The normalized spacial score (nSPS) is 19.7. The zero-order chi connectivity index (χ0) is 19.7. The van der Waals surface area contributed by atoms with Crippen LogP contribution in [0.4, 0.5) is 0 Å². The molecule has 2 atom stereocenters. The Bertz CT molecular complexity index is 401. The Morgan fingerprint density at radius 2 is 1.33 bits per heavy atom. The van der Waals surface area contributed by atoms with Crippen molar-refractivity contribution in [2.45, 2.75) is 103 Å². The summed E-state index contributed by atoms with van der Waals surface area (Å²) >= 11 is 0. The van der Waals surface area contributed by atoms with Crippen molar-refractivity contribution in [1.82, 2.24) is 5.32 Å². The third kappa shape index (κ3) is 12.1. The zero-order valence-electron chi connectivity index (χ0n) is 17.2. The van der Waals surface area contributed by atoms with E-state index in [2.05, 4.69) is 5.32 Å². The summed E-state index contributed by atoms with van der Waals surface area (Å²) in [6.07, 6.45) is 17.7. The Hall–Kier alpha value is -1.10. The third-order valence-corrected chi connectivity index (χ3v) is 5.92. The van der Waals surface area contributed by atoms with Crippen LogP contribution in [0.1, 0.15) is 103 Å². The summed E-state index contributed by atoms with van der Waals surface area (Å²) in [7, 11) is 0. The van der Waals surface area contributed by atoms with Gasteiger partial charge in [-0.05, 0) is 38.1 Å². The number of aliphatic carboxylic acids is 1. The lowest BCUT2D eigenvalue weighted by Crippen LogP contribution is -2.39. The molecule has 158 valence electrons. The predicted molar refractivity (Wildman–Crippen MR) is 111 cm³/mol. The van der Waals surface area contributed by atoms with Crippen molar-refractivity contribution in [2.75, 3.05) is 13.1 Å². The van der Waals surface area contributed by atoms with Gasteiger partial charge in [-0.25, -0.2) is 0 Å². The van der Waals surface area contributed by atoms with Crippen LogP contribution in [0.15, 0.2) is 0 Å². The molecule has 0 radical (unpaired) electrons. The molecule has 0 spiro atoms. The van der Waals surface area contributed by atoms with E-state index < -0.39 is 5.97 Å². The molecule has 0 aromatic carbocycles. The number of carboxylic acid groups (broad SMARTS) is 1. The molecule has 0 aliphatic heterocycles. The fraction of sp³-hybridized carbons (Fsp3) is 0.909. The number of nitrogens with two attached hydrogens (primary N) is 1. The van der Waals surface area contributed by atoms with Gasteiger partial charge in [0.15, 0.2) is 0 Å². The number of nitrogens with one attached hydrogen (secondary N) is 1. The second-order valence-electron chi connectivity index (χ2n) is 8.21. The van der Waals surface area contributed by atoms with E-state index >= 15 is 0 Å². The second kappa shape index (κ2) is 15.9. The Morgan fingerprint density at radius 3 is 1.89 bits per heavy atom. The zero-order valence-corrected chi connectivity index (χ0v) is 17.2. The fourth-order valence-corrected chi connectivity index (χ4v) is 4.17. The van der Waals surface area contributed by atoms with Gasteiger partial charge in [-0.3, -0.25) is 9.59 Å². The molecule has 1 amide bonds. The number of rotatable bonds is 16.